The molecular formula is C15H26N2O2. The first-order valence-corrected chi connectivity index (χ1v) is 7.13. The Kier molecular flexibility index (Phi) is 7.45. The van der Waals surface area contributed by atoms with Gasteiger partial charge in [0, 0.05) is 12.8 Å². The van der Waals surface area contributed by atoms with Crippen molar-refractivity contribution in [2.75, 3.05) is 20.3 Å². The average molecular weight is 266 g/mol. The second kappa shape index (κ2) is 8.88. The van der Waals surface area contributed by atoms with Crippen molar-refractivity contribution in [2.24, 2.45) is 0 Å². The lowest BCUT2D eigenvalue weighted by Gasteiger charge is -2.27. The summed E-state index contributed by atoms with van der Waals surface area (Å²) in [5, 5.41) is 3.34. The van der Waals surface area contributed by atoms with E-state index in [0.29, 0.717) is 6.61 Å². The molecule has 0 aliphatic rings. The van der Waals surface area contributed by atoms with Crippen LogP contribution in [0, 0.1) is 0 Å². The van der Waals surface area contributed by atoms with Gasteiger partial charge in [0.2, 0.25) is 0 Å². The molecule has 4 nitrogen and oxygen atoms in total. The second-order valence-corrected chi connectivity index (χ2v) is 4.44. The largest absolute Gasteiger partial charge is 0.492 e. The normalized spacial score (nSPS) is 14.1. The fourth-order valence-electron chi connectivity index (χ4n) is 2.26. The highest BCUT2D eigenvalue weighted by atomic mass is 16.5. The summed E-state index contributed by atoms with van der Waals surface area (Å²) in [7, 11) is 1.96. The number of ether oxygens (including phenoxy) is 2. The minimum Gasteiger partial charge on any atom is -0.492 e. The molecular weight excluding hydrogens is 240 g/mol. The van der Waals surface area contributed by atoms with E-state index in [2.05, 4.69) is 17.2 Å². The predicted octanol–water partition coefficient (Wildman–Crippen LogP) is 2.95. The second-order valence-electron chi connectivity index (χ2n) is 4.44. The summed E-state index contributed by atoms with van der Waals surface area (Å²) in [6, 6.07) is 2.19. The minimum absolute atomic E-state index is 0.146. The molecule has 1 aromatic rings. The summed E-state index contributed by atoms with van der Waals surface area (Å²) in [5.74, 6) is 0.812. The van der Waals surface area contributed by atoms with E-state index in [1.165, 1.54) is 0 Å². The van der Waals surface area contributed by atoms with Crippen LogP contribution < -0.4 is 10.1 Å². The number of likely N-dealkylation sites (N-methyl/N-ethyl adjacent to an activating group) is 1. The fourth-order valence-corrected chi connectivity index (χ4v) is 2.26. The molecule has 0 bridgehead atoms. The van der Waals surface area contributed by atoms with Gasteiger partial charge in [-0.05, 0) is 38.9 Å². The van der Waals surface area contributed by atoms with Crippen molar-refractivity contribution < 1.29 is 9.47 Å². The van der Waals surface area contributed by atoms with Gasteiger partial charge in [0.05, 0.1) is 24.9 Å². The SMILES string of the molecule is CCCC(OCC)C(NC)c1cncc(OCC)c1. The number of nitrogens with one attached hydrogen (secondary N) is 1. The lowest BCUT2D eigenvalue weighted by Crippen LogP contribution is -2.32. The van der Waals surface area contributed by atoms with E-state index in [-0.39, 0.29) is 12.1 Å². The summed E-state index contributed by atoms with van der Waals surface area (Å²) in [4.78, 5) is 4.25. The summed E-state index contributed by atoms with van der Waals surface area (Å²) >= 11 is 0. The van der Waals surface area contributed by atoms with Crippen molar-refractivity contribution in [1.82, 2.24) is 10.3 Å². The molecule has 1 N–H and O–H groups in total. The molecule has 108 valence electrons. The summed E-state index contributed by atoms with van der Waals surface area (Å²) in [5.41, 5.74) is 1.11. The third kappa shape index (κ3) is 4.80. The van der Waals surface area contributed by atoms with Crippen molar-refractivity contribution >= 4 is 0 Å². The monoisotopic (exact) mass is 266 g/mol. The molecule has 0 aliphatic carbocycles. The Bertz CT molecular complexity index is 352. The Labute approximate surface area is 116 Å². The van der Waals surface area contributed by atoms with Crippen LogP contribution in [0.15, 0.2) is 18.5 Å². The molecule has 0 amide bonds. The maximum Gasteiger partial charge on any atom is 0.137 e. The number of nitrogens with zero attached hydrogens (tertiary/aromatic N) is 1. The first-order valence-electron chi connectivity index (χ1n) is 7.13. The van der Waals surface area contributed by atoms with E-state index in [4.69, 9.17) is 9.47 Å². The van der Waals surface area contributed by atoms with Crippen LogP contribution >= 0.6 is 0 Å². The molecule has 0 saturated carbocycles. The molecule has 0 fully saturated rings. The van der Waals surface area contributed by atoms with E-state index >= 15 is 0 Å². The molecule has 2 atom stereocenters. The van der Waals surface area contributed by atoms with Crippen LogP contribution in [-0.4, -0.2) is 31.3 Å². The van der Waals surface area contributed by atoms with Crippen molar-refractivity contribution in [2.45, 2.75) is 45.8 Å². The number of rotatable bonds is 9. The van der Waals surface area contributed by atoms with Gasteiger partial charge in [-0.1, -0.05) is 13.3 Å². The van der Waals surface area contributed by atoms with Crippen molar-refractivity contribution in [3.63, 3.8) is 0 Å². The molecule has 0 aliphatic heterocycles. The average Bonchev–Trinajstić information content (AvgIpc) is 2.41. The minimum atomic E-state index is 0.146. The van der Waals surface area contributed by atoms with Gasteiger partial charge in [-0.2, -0.15) is 0 Å². The zero-order valence-corrected chi connectivity index (χ0v) is 12.5. The lowest BCUT2D eigenvalue weighted by atomic mass is 9.99. The fraction of sp³-hybridized carbons (Fsp3) is 0.667. The van der Waals surface area contributed by atoms with Crippen LogP contribution in [-0.2, 0) is 4.74 Å². The number of hydrogen-bond donors (Lipinski definition) is 1. The Morgan fingerprint density at radius 1 is 1.21 bits per heavy atom. The van der Waals surface area contributed by atoms with Crippen LogP contribution in [0.25, 0.3) is 0 Å². The maximum atomic E-state index is 5.86. The standard InChI is InChI=1S/C15H26N2O2/c1-5-8-14(19-7-3)15(16-4)12-9-13(18-6-2)11-17-10-12/h9-11,14-16H,5-8H2,1-4H3. The molecule has 4 heteroatoms. The van der Waals surface area contributed by atoms with Crippen molar-refractivity contribution in [3.8, 4) is 5.75 Å². The highest BCUT2D eigenvalue weighted by molar-refractivity contribution is 5.26. The molecule has 0 aromatic carbocycles. The Morgan fingerprint density at radius 2 is 2.00 bits per heavy atom. The number of hydrogen-bond acceptors (Lipinski definition) is 4. The van der Waals surface area contributed by atoms with Gasteiger partial charge in [-0.15, -0.1) is 0 Å². The van der Waals surface area contributed by atoms with Crippen LogP contribution in [0.1, 0.15) is 45.2 Å². The summed E-state index contributed by atoms with van der Waals surface area (Å²) in [6.45, 7) is 7.56. The first kappa shape index (κ1) is 15.9. The molecule has 0 saturated heterocycles. The third-order valence-electron chi connectivity index (χ3n) is 3.04. The summed E-state index contributed by atoms with van der Waals surface area (Å²) in [6.07, 6.45) is 5.92. The zero-order chi connectivity index (χ0) is 14.1. The van der Waals surface area contributed by atoms with Gasteiger partial charge in [-0.3, -0.25) is 4.98 Å². The highest BCUT2D eigenvalue weighted by Crippen LogP contribution is 2.24. The van der Waals surface area contributed by atoms with Gasteiger partial charge >= 0.3 is 0 Å². The quantitative estimate of drug-likeness (QED) is 0.746. The molecule has 1 rings (SSSR count). The van der Waals surface area contributed by atoms with Crippen LogP contribution in [0.5, 0.6) is 5.75 Å². The Hall–Kier alpha value is -1.13. The van der Waals surface area contributed by atoms with E-state index in [1.54, 1.807) is 6.20 Å². The van der Waals surface area contributed by atoms with Crippen LogP contribution in [0.4, 0.5) is 0 Å². The van der Waals surface area contributed by atoms with Gasteiger partial charge in [0.15, 0.2) is 0 Å². The van der Waals surface area contributed by atoms with Gasteiger partial charge in [-0.25, -0.2) is 0 Å². The number of aromatic nitrogens is 1. The van der Waals surface area contributed by atoms with Crippen LogP contribution in [0.2, 0.25) is 0 Å². The van der Waals surface area contributed by atoms with Gasteiger partial charge in [0.25, 0.3) is 0 Å². The van der Waals surface area contributed by atoms with E-state index in [9.17, 15) is 0 Å². The molecule has 0 spiro atoms. The summed E-state index contributed by atoms with van der Waals surface area (Å²) < 4.78 is 11.4. The first-order chi connectivity index (χ1) is 9.26. The highest BCUT2D eigenvalue weighted by Gasteiger charge is 2.22. The molecule has 2 unspecified atom stereocenters. The van der Waals surface area contributed by atoms with Gasteiger partial charge in [0.1, 0.15) is 5.75 Å². The predicted molar refractivity (Wildman–Crippen MR) is 77.5 cm³/mol. The molecule has 0 radical (unpaired) electrons. The Morgan fingerprint density at radius 3 is 2.58 bits per heavy atom. The van der Waals surface area contributed by atoms with Gasteiger partial charge < -0.3 is 14.8 Å². The number of pyridine rings is 1. The maximum absolute atomic E-state index is 5.86. The van der Waals surface area contributed by atoms with E-state index in [0.717, 1.165) is 30.8 Å². The third-order valence-corrected chi connectivity index (χ3v) is 3.04. The smallest absolute Gasteiger partial charge is 0.137 e. The molecule has 19 heavy (non-hydrogen) atoms. The zero-order valence-electron chi connectivity index (χ0n) is 12.5. The lowest BCUT2D eigenvalue weighted by molar-refractivity contribution is 0.0294. The van der Waals surface area contributed by atoms with E-state index in [1.807, 2.05) is 33.2 Å². The Balaban J connectivity index is 2.89. The van der Waals surface area contributed by atoms with Crippen LogP contribution in [0.3, 0.4) is 0 Å². The molecule has 1 aromatic heterocycles. The van der Waals surface area contributed by atoms with Crippen molar-refractivity contribution in [1.29, 1.82) is 0 Å². The topological polar surface area (TPSA) is 43.4 Å². The van der Waals surface area contributed by atoms with Crippen molar-refractivity contribution in [3.05, 3.63) is 24.0 Å². The molecule has 1 heterocycles. The van der Waals surface area contributed by atoms with E-state index < -0.39 is 0 Å².